The Kier molecular flexibility index (Phi) is 5.38. The molecule has 0 bridgehead atoms. The molecule has 0 spiro atoms. The van der Waals surface area contributed by atoms with Crippen molar-refractivity contribution in [3.63, 3.8) is 0 Å². The van der Waals surface area contributed by atoms with Gasteiger partial charge < -0.3 is 9.80 Å². The van der Waals surface area contributed by atoms with E-state index in [1.807, 2.05) is 12.1 Å². The SMILES string of the molecule is O=C(Cc1cccnc1)N1CCCN(C(=O)c2cccc(F)c2)CC1. The first-order valence-electron chi connectivity index (χ1n) is 8.35. The molecule has 0 unspecified atom stereocenters. The van der Waals surface area contributed by atoms with Crippen LogP contribution in [0, 0.1) is 5.82 Å². The summed E-state index contributed by atoms with van der Waals surface area (Å²) in [6, 6.07) is 9.40. The molecule has 2 aromatic rings. The van der Waals surface area contributed by atoms with E-state index in [1.54, 1.807) is 28.3 Å². The first-order chi connectivity index (χ1) is 12.1. The summed E-state index contributed by atoms with van der Waals surface area (Å²) in [5.41, 5.74) is 1.22. The van der Waals surface area contributed by atoms with Crippen molar-refractivity contribution >= 4 is 11.8 Å². The molecule has 2 heterocycles. The fourth-order valence-corrected chi connectivity index (χ4v) is 2.96. The fraction of sp³-hybridized carbons (Fsp3) is 0.316. The molecule has 5 nitrogen and oxygen atoms in total. The predicted molar refractivity (Wildman–Crippen MR) is 91.4 cm³/mol. The van der Waals surface area contributed by atoms with Crippen molar-refractivity contribution in [2.75, 3.05) is 26.2 Å². The van der Waals surface area contributed by atoms with E-state index in [4.69, 9.17) is 0 Å². The van der Waals surface area contributed by atoms with Crippen LogP contribution >= 0.6 is 0 Å². The first kappa shape index (κ1) is 17.1. The summed E-state index contributed by atoms with van der Waals surface area (Å²) < 4.78 is 13.3. The van der Waals surface area contributed by atoms with Crippen LogP contribution in [0.1, 0.15) is 22.3 Å². The number of aromatic nitrogens is 1. The van der Waals surface area contributed by atoms with Gasteiger partial charge in [-0.1, -0.05) is 12.1 Å². The van der Waals surface area contributed by atoms with Gasteiger partial charge in [0.25, 0.3) is 5.91 Å². The van der Waals surface area contributed by atoms with Crippen LogP contribution in [-0.2, 0) is 11.2 Å². The van der Waals surface area contributed by atoms with Crippen molar-refractivity contribution in [1.82, 2.24) is 14.8 Å². The van der Waals surface area contributed by atoms with Gasteiger partial charge in [0.2, 0.25) is 5.91 Å². The smallest absolute Gasteiger partial charge is 0.254 e. The van der Waals surface area contributed by atoms with E-state index >= 15 is 0 Å². The molecular formula is C19H20FN3O2. The minimum absolute atomic E-state index is 0.0352. The Morgan fingerprint density at radius 3 is 2.60 bits per heavy atom. The molecule has 0 radical (unpaired) electrons. The van der Waals surface area contributed by atoms with E-state index in [0.717, 1.165) is 5.56 Å². The third kappa shape index (κ3) is 4.41. The molecule has 1 fully saturated rings. The van der Waals surface area contributed by atoms with Crippen molar-refractivity contribution in [3.8, 4) is 0 Å². The van der Waals surface area contributed by atoms with E-state index in [9.17, 15) is 14.0 Å². The molecule has 130 valence electrons. The lowest BCUT2D eigenvalue weighted by molar-refractivity contribution is -0.130. The van der Waals surface area contributed by atoms with Crippen LogP contribution in [0.5, 0.6) is 0 Å². The second-order valence-electron chi connectivity index (χ2n) is 6.07. The fourth-order valence-electron chi connectivity index (χ4n) is 2.96. The van der Waals surface area contributed by atoms with Gasteiger partial charge in [0.1, 0.15) is 5.82 Å². The third-order valence-corrected chi connectivity index (χ3v) is 4.29. The van der Waals surface area contributed by atoms with E-state index < -0.39 is 5.82 Å². The van der Waals surface area contributed by atoms with E-state index in [2.05, 4.69) is 4.98 Å². The summed E-state index contributed by atoms with van der Waals surface area (Å²) in [6.45, 7) is 2.12. The normalized spacial score (nSPS) is 14.9. The Labute approximate surface area is 146 Å². The highest BCUT2D eigenvalue weighted by Crippen LogP contribution is 2.12. The zero-order valence-electron chi connectivity index (χ0n) is 13.9. The lowest BCUT2D eigenvalue weighted by Gasteiger charge is -2.22. The van der Waals surface area contributed by atoms with Crippen LogP contribution in [0.2, 0.25) is 0 Å². The topological polar surface area (TPSA) is 53.5 Å². The van der Waals surface area contributed by atoms with Crippen molar-refractivity contribution in [2.24, 2.45) is 0 Å². The number of halogens is 1. The van der Waals surface area contributed by atoms with Gasteiger partial charge in [0.05, 0.1) is 6.42 Å². The minimum Gasteiger partial charge on any atom is -0.341 e. The van der Waals surface area contributed by atoms with Crippen molar-refractivity contribution < 1.29 is 14.0 Å². The zero-order chi connectivity index (χ0) is 17.6. The van der Waals surface area contributed by atoms with Crippen LogP contribution in [0.25, 0.3) is 0 Å². The average Bonchev–Trinajstić information content (AvgIpc) is 2.88. The van der Waals surface area contributed by atoms with Crippen LogP contribution in [0.15, 0.2) is 48.8 Å². The Bertz CT molecular complexity index is 751. The number of carbonyl (C=O) groups excluding carboxylic acids is 2. The molecule has 1 aromatic carbocycles. The van der Waals surface area contributed by atoms with Gasteiger partial charge in [-0.25, -0.2) is 4.39 Å². The maximum atomic E-state index is 13.3. The monoisotopic (exact) mass is 341 g/mol. The summed E-state index contributed by atoms with van der Waals surface area (Å²) in [7, 11) is 0. The Balaban J connectivity index is 1.60. The van der Waals surface area contributed by atoms with Gasteiger partial charge in [0.15, 0.2) is 0 Å². The molecule has 0 aliphatic carbocycles. The van der Waals surface area contributed by atoms with Crippen LogP contribution < -0.4 is 0 Å². The highest BCUT2D eigenvalue weighted by atomic mass is 19.1. The standard InChI is InChI=1S/C19H20FN3O2/c20-17-6-1-5-16(13-17)19(25)23-9-3-8-22(10-11-23)18(24)12-15-4-2-7-21-14-15/h1-2,4-7,13-14H,3,8-12H2. The summed E-state index contributed by atoms with van der Waals surface area (Å²) in [5.74, 6) is -0.581. The molecule has 1 aliphatic rings. The molecular weight excluding hydrogens is 321 g/mol. The quantitative estimate of drug-likeness (QED) is 0.859. The maximum Gasteiger partial charge on any atom is 0.254 e. The van der Waals surface area contributed by atoms with Gasteiger partial charge in [-0.2, -0.15) is 0 Å². The molecule has 1 saturated heterocycles. The number of rotatable bonds is 3. The summed E-state index contributed by atoms with van der Waals surface area (Å²) in [4.78, 5) is 32.5. The lowest BCUT2D eigenvalue weighted by Crippen LogP contribution is -2.38. The number of benzene rings is 1. The van der Waals surface area contributed by atoms with Crippen molar-refractivity contribution in [2.45, 2.75) is 12.8 Å². The van der Waals surface area contributed by atoms with E-state index in [0.29, 0.717) is 44.6 Å². The Morgan fingerprint density at radius 1 is 1.04 bits per heavy atom. The Morgan fingerprint density at radius 2 is 1.84 bits per heavy atom. The number of hydrogen-bond acceptors (Lipinski definition) is 3. The van der Waals surface area contributed by atoms with Gasteiger partial charge in [0, 0.05) is 44.1 Å². The van der Waals surface area contributed by atoms with Crippen molar-refractivity contribution in [1.29, 1.82) is 0 Å². The van der Waals surface area contributed by atoms with Gasteiger partial charge in [-0.05, 0) is 36.2 Å². The summed E-state index contributed by atoms with van der Waals surface area (Å²) in [6.07, 6.45) is 4.39. The largest absolute Gasteiger partial charge is 0.341 e. The molecule has 3 rings (SSSR count). The lowest BCUT2D eigenvalue weighted by atomic mass is 10.2. The molecule has 0 saturated carbocycles. The Hall–Kier alpha value is -2.76. The number of pyridine rings is 1. The first-order valence-corrected chi connectivity index (χ1v) is 8.35. The molecule has 25 heavy (non-hydrogen) atoms. The van der Waals surface area contributed by atoms with Gasteiger partial charge >= 0.3 is 0 Å². The van der Waals surface area contributed by atoms with E-state index in [-0.39, 0.29) is 11.8 Å². The average molecular weight is 341 g/mol. The number of carbonyl (C=O) groups is 2. The molecule has 6 heteroatoms. The van der Waals surface area contributed by atoms with Crippen molar-refractivity contribution in [3.05, 3.63) is 65.7 Å². The van der Waals surface area contributed by atoms with Crippen LogP contribution in [0.4, 0.5) is 4.39 Å². The highest BCUT2D eigenvalue weighted by molar-refractivity contribution is 5.94. The second kappa shape index (κ2) is 7.88. The number of hydrogen-bond donors (Lipinski definition) is 0. The highest BCUT2D eigenvalue weighted by Gasteiger charge is 2.23. The minimum atomic E-state index is -0.422. The molecule has 2 amide bonds. The number of nitrogens with zero attached hydrogens (tertiary/aromatic N) is 3. The molecule has 0 N–H and O–H groups in total. The van der Waals surface area contributed by atoms with E-state index in [1.165, 1.54) is 18.2 Å². The second-order valence-corrected chi connectivity index (χ2v) is 6.07. The summed E-state index contributed by atoms with van der Waals surface area (Å²) in [5, 5.41) is 0. The molecule has 1 aromatic heterocycles. The van der Waals surface area contributed by atoms with Crippen LogP contribution in [0.3, 0.4) is 0 Å². The molecule has 0 atom stereocenters. The zero-order valence-corrected chi connectivity index (χ0v) is 13.9. The summed E-state index contributed by atoms with van der Waals surface area (Å²) >= 11 is 0. The van der Waals surface area contributed by atoms with Gasteiger partial charge in [-0.15, -0.1) is 0 Å². The predicted octanol–water partition coefficient (Wildman–Crippen LogP) is 2.14. The molecule has 1 aliphatic heterocycles. The van der Waals surface area contributed by atoms with Gasteiger partial charge in [-0.3, -0.25) is 14.6 Å². The van der Waals surface area contributed by atoms with Crippen LogP contribution in [-0.4, -0.2) is 52.8 Å². The maximum absolute atomic E-state index is 13.3. The third-order valence-electron chi connectivity index (χ3n) is 4.29. The number of amides is 2.